The minimum Gasteiger partial charge on any atom is -0.396 e. The van der Waals surface area contributed by atoms with Gasteiger partial charge in [-0.15, -0.1) is 0 Å². The van der Waals surface area contributed by atoms with E-state index in [2.05, 4.69) is 5.16 Å². The van der Waals surface area contributed by atoms with Crippen molar-refractivity contribution in [1.29, 1.82) is 0 Å². The van der Waals surface area contributed by atoms with Crippen molar-refractivity contribution in [3.8, 4) is 0 Å². The number of aromatic nitrogens is 1. The van der Waals surface area contributed by atoms with Crippen LogP contribution in [-0.4, -0.2) is 22.6 Å². The van der Waals surface area contributed by atoms with Crippen LogP contribution >= 0.6 is 11.8 Å². The van der Waals surface area contributed by atoms with Gasteiger partial charge in [-0.2, -0.15) is 11.8 Å². The molecule has 0 saturated heterocycles. The summed E-state index contributed by atoms with van der Waals surface area (Å²) < 4.78 is 4.83. The van der Waals surface area contributed by atoms with Crippen LogP contribution in [0.1, 0.15) is 5.76 Å². The van der Waals surface area contributed by atoms with Crippen LogP contribution in [0.25, 0.3) is 0 Å². The molecule has 1 aromatic heterocycles. The first-order valence-corrected chi connectivity index (χ1v) is 4.17. The van der Waals surface area contributed by atoms with Gasteiger partial charge in [0.2, 0.25) is 0 Å². The Balaban J connectivity index is 2.15. The molecule has 1 aromatic rings. The Bertz CT molecular complexity index is 164. The number of nitrogens with zero attached hydrogens (tertiary/aromatic N) is 1. The molecule has 0 unspecified atom stereocenters. The van der Waals surface area contributed by atoms with Crippen LogP contribution in [0.3, 0.4) is 0 Å². The first-order valence-electron chi connectivity index (χ1n) is 3.01. The zero-order valence-electron chi connectivity index (χ0n) is 5.49. The van der Waals surface area contributed by atoms with Gasteiger partial charge in [0.1, 0.15) is 5.76 Å². The minimum atomic E-state index is 0.221. The maximum Gasteiger partial charge on any atom is 0.146 e. The molecule has 4 heteroatoms. The molecule has 0 fully saturated rings. The molecule has 0 amide bonds. The predicted octanol–water partition coefficient (Wildman–Crippen LogP) is 0.900. The maximum absolute atomic E-state index is 8.43. The third kappa shape index (κ3) is 2.41. The lowest BCUT2D eigenvalue weighted by molar-refractivity contribution is 0.322. The van der Waals surface area contributed by atoms with Crippen LogP contribution in [0.2, 0.25) is 0 Å². The fourth-order valence-corrected chi connectivity index (χ4v) is 1.18. The summed E-state index contributed by atoms with van der Waals surface area (Å²) in [5.41, 5.74) is 0. The Hall–Kier alpha value is -0.480. The summed E-state index contributed by atoms with van der Waals surface area (Å²) in [6.07, 6.45) is 1.62. The van der Waals surface area contributed by atoms with Gasteiger partial charge >= 0.3 is 0 Å². The quantitative estimate of drug-likeness (QED) is 0.663. The second-order valence-corrected chi connectivity index (χ2v) is 2.86. The highest BCUT2D eigenvalue weighted by Crippen LogP contribution is 2.09. The molecule has 0 saturated carbocycles. The maximum atomic E-state index is 8.43. The van der Waals surface area contributed by atoms with E-state index in [0.29, 0.717) is 0 Å². The second kappa shape index (κ2) is 4.35. The fraction of sp³-hybridized carbons (Fsp3) is 0.500. The molecule has 56 valence electrons. The second-order valence-electron chi connectivity index (χ2n) is 1.75. The van der Waals surface area contributed by atoms with E-state index < -0.39 is 0 Å². The highest BCUT2D eigenvalue weighted by atomic mass is 32.2. The molecule has 0 spiro atoms. The largest absolute Gasteiger partial charge is 0.396 e. The van der Waals surface area contributed by atoms with Gasteiger partial charge in [-0.1, -0.05) is 5.16 Å². The molecule has 0 aliphatic carbocycles. The van der Waals surface area contributed by atoms with Crippen LogP contribution < -0.4 is 0 Å². The van der Waals surface area contributed by atoms with Crippen molar-refractivity contribution in [3.63, 3.8) is 0 Å². The topological polar surface area (TPSA) is 46.3 Å². The van der Waals surface area contributed by atoms with E-state index in [4.69, 9.17) is 9.63 Å². The van der Waals surface area contributed by atoms with E-state index in [9.17, 15) is 0 Å². The van der Waals surface area contributed by atoms with Crippen LogP contribution in [0.15, 0.2) is 16.8 Å². The van der Waals surface area contributed by atoms with E-state index in [0.717, 1.165) is 17.3 Å². The average molecular weight is 159 g/mol. The molecule has 0 aromatic carbocycles. The summed E-state index contributed by atoms with van der Waals surface area (Å²) in [5, 5.41) is 12.0. The van der Waals surface area contributed by atoms with Crippen molar-refractivity contribution in [1.82, 2.24) is 5.16 Å². The summed E-state index contributed by atoms with van der Waals surface area (Å²) in [6.45, 7) is 0.221. The lowest BCUT2D eigenvalue weighted by Crippen LogP contribution is -1.86. The normalized spacial score (nSPS) is 10.1. The molecule has 0 bridgehead atoms. The number of thioether (sulfide) groups is 1. The van der Waals surface area contributed by atoms with E-state index in [1.54, 1.807) is 18.0 Å². The highest BCUT2D eigenvalue weighted by Gasteiger charge is 1.94. The number of rotatable bonds is 4. The first-order chi connectivity index (χ1) is 4.93. The molecule has 10 heavy (non-hydrogen) atoms. The number of aliphatic hydroxyl groups is 1. The van der Waals surface area contributed by atoms with Crippen molar-refractivity contribution in [2.75, 3.05) is 12.4 Å². The first kappa shape index (κ1) is 7.63. The number of hydrogen-bond acceptors (Lipinski definition) is 4. The number of hydrogen-bond donors (Lipinski definition) is 1. The number of aliphatic hydroxyl groups excluding tert-OH is 1. The zero-order valence-corrected chi connectivity index (χ0v) is 6.30. The Morgan fingerprint density at radius 1 is 1.70 bits per heavy atom. The minimum absolute atomic E-state index is 0.221. The fourth-order valence-electron chi connectivity index (χ4n) is 0.554. The lowest BCUT2D eigenvalue weighted by atomic mass is 10.5. The standard InChI is InChI=1S/C6H9NO2S/c8-3-4-10-5-6-1-2-7-9-6/h1-2,8H,3-5H2. The third-order valence-corrected chi connectivity index (χ3v) is 1.93. The van der Waals surface area contributed by atoms with Crippen LogP contribution in [0.4, 0.5) is 0 Å². The van der Waals surface area contributed by atoms with Crippen molar-refractivity contribution < 1.29 is 9.63 Å². The molecule has 1 N–H and O–H groups in total. The third-order valence-electron chi connectivity index (χ3n) is 0.971. The van der Waals surface area contributed by atoms with Gasteiger partial charge in [0.15, 0.2) is 0 Å². The zero-order chi connectivity index (χ0) is 7.23. The Morgan fingerprint density at radius 2 is 2.60 bits per heavy atom. The summed E-state index contributed by atoms with van der Waals surface area (Å²) in [6, 6.07) is 1.82. The SMILES string of the molecule is OCCSCc1ccno1. The van der Waals surface area contributed by atoms with Gasteiger partial charge < -0.3 is 9.63 Å². The molecule has 1 heterocycles. The van der Waals surface area contributed by atoms with Crippen molar-refractivity contribution >= 4 is 11.8 Å². The summed E-state index contributed by atoms with van der Waals surface area (Å²) in [5.74, 6) is 2.40. The van der Waals surface area contributed by atoms with Crippen molar-refractivity contribution in [2.45, 2.75) is 5.75 Å². The van der Waals surface area contributed by atoms with Gasteiger partial charge in [0, 0.05) is 11.8 Å². The Morgan fingerprint density at radius 3 is 3.20 bits per heavy atom. The van der Waals surface area contributed by atoms with Gasteiger partial charge in [-0.05, 0) is 0 Å². The molecular formula is C6H9NO2S. The molecule has 0 atom stereocenters. The van der Waals surface area contributed by atoms with E-state index >= 15 is 0 Å². The Kier molecular flexibility index (Phi) is 3.32. The smallest absolute Gasteiger partial charge is 0.146 e. The van der Waals surface area contributed by atoms with Crippen LogP contribution in [0, 0.1) is 0 Å². The van der Waals surface area contributed by atoms with Gasteiger partial charge in [-0.3, -0.25) is 0 Å². The van der Waals surface area contributed by atoms with E-state index in [1.165, 1.54) is 0 Å². The van der Waals surface area contributed by atoms with E-state index in [-0.39, 0.29) is 6.61 Å². The van der Waals surface area contributed by atoms with Crippen molar-refractivity contribution in [2.24, 2.45) is 0 Å². The molecule has 0 radical (unpaired) electrons. The summed E-state index contributed by atoms with van der Waals surface area (Å²) >= 11 is 1.63. The van der Waals surface area contributed by atoms with Crippen LogP contribution in [0.5, 0.6) is 0 Å². The molecule has 1 rings (SSSR count). The van der Waals surface area contributed by atoms with Crippen molar-refractivity contribution in [3.05, 3.63) is 18.0 Å². The average Bonchev–Trinajstić information content (AvgIpc) is 2.41. The Labute approximate surface area is 63.4 Å². The monoisotopic (exact) mass is 159 g/mol. The highest BCUT2D eigenvalue weighted by molar-refractivity contribution is 7.98. The summed E-state index contributed by atoms with van der Waals surface area (Å²) in [7, 11) is 0. The van der Waals surface area contributed by atoms with Gasteiger partial charge in [0.05, 0.1) is 18.6 Å². The lowest BCUT2D eigenvalue weighted by Gasteiger charge is -1.92. The summed E-state index contributed by atoms with van der Waals surface area (Å²) in [4.78, 5) is 0. The van der Waals surface area contributed by atoms with Gasteiger partial charge in [0.25, 0.3) is 0 Å². The molecule has 0 aliphatic rings. The molecule has 0 aliphatic heterocycles. The van der Waals surface area contributed by atoms with Gasteiger partial charge in [-0.25, -0.2) is 0 Å². The predicted molar refractivity (Wildman–Crippen MR) is 39.8 cm³/mol. The molecular weight excluding hydrogens is 150 g/mol. The van der Waals surface area contributed by atoms with Crippen LogP contribution in [-0.2, 0) is 5.75 Å². The molecule has 3 nitrogen and oxygen atoms in total. The van der Waals surface area contributed by atoms with E-state index in [1.807, 2.05) is 6.07 Å².